The molecule has 1 aromatic heterocycles. The van der Waals surface area contributed by atoms with Crippen molar-refractivity contribution in [1.82, 2.24) is 4.90 Å². The smallest absolute Gasteiger partial charge is 0.261 e. The van der Waals surface area contributed by atoms with Crippen LogP contribution in [0.2, 0.25) is 0 Å². The lowest BCUT2D eigenvalue weighted by atomic mass is 10.1. The van der Waals surface area contributed by atoms with Crippen LogP contribution >= 0.6 is 23.1 Å². The van der Waals surface area contributed by atoms with Crippen molar-refractivity contribution in [2.45, 2.75) is 23.8 Å². The second-order valence-corrected chi connectivity index (χ2v) is 6.63. The molecule has 0 bridgehead atoms. The fraction of sp³-hybridized carbons (Fsp3) is 0.583. The number of nitrogens with two attached hydrogens (primary N) is 2. The van der Waals surface area contributed by atoms with Gasteiger partial charge in [0.15, 0.2) is 0 Å². The van der Waals surface area contributed by atoms with Gasteiger partial charge in [0.1, 0.15) is 9.88 Å². The Balaban J connectivity index is 2.15. The Kier molecular flexibility index (Phi) is 4.59. The van der Waals surface area contributed by atoms with Crippen LogP contribution in [0.5, 0.6) is 0 Å². The Morgan fingerprint density at radius 3 is 2.63 bits per heavy atom. The number of carbonyl (C=O) groups excluding carboxylic acids is 1. The standard InChI is InChI=1S/C12H20N4OS2/c1-16-5-3-7(4-6-16)15-12-10(18-2)8(13)9(19-12)11(14)17/h7,15H,3-6,13H2,1-2H3,(H2,14,17). The number of primary amides is 1. The molecule has 0 spiro atoms. The van der Waals surface area contributed by atoms with Crippen LogP contribution in [0.1, 0.15) is 22.5 Å². The van der Waals surface area contributed by atoms with Crippen LogP contribution < -0.4 is 16.8 Å². The van der Waals surface area contributed by atoms with Crippen LogP contribution in [0.4, 0.5) is 10.7 Å². The minimum absolute atomic E-state index is 0.445. The molecule has 0 aliphatic carbocycles. The van der Waals surface area contributed by atoms with Crippen molar-refractivity contribution in [3.05, 3.63) is 4.88 Å². The summed E-state index contributed by atoms with van der Waals surface area (Å²) < 4.78 is 0. The van der Waals surface area contributed by atoms with E-state index in [1.54, 1.807) is 11.8 Å². The van der Waals surface area contributed by atoms with Crippen molar-refractivity contribution in [2.24, 2.45) is 5.73 Å². The number of anilines is 2. The van der Waals surface area contributed by atoms with Gasteiger partial charge in [-0.05, 0) is 39.2 Å². The number of hydrogen-bond acceptors (Lipinski definition) is 6. The highest BCUT2D eigenvalue weighted by Gasteiger charge is 2.22. The summed E-state index contributed by atoms with van der Waals surface area (Å²) in [5.74, 6) is -0.450. The van der Waals surface area contributed by atoms with Gasteiger partial charge in [-0.1, -0.05) is 0 Å². The second-order valence-electron chi connectivity index (χ2n) is 4.79. The van der Waals surface area contributed by atoms with E-state index >= 15 is 0 Å². The number of likely N-dealkylation sites (tertiary alicyclic amines) is 1. The summed E-state index contributed by atoms with van der Waals surface area (Å²) in [5, 5.41) is 4.50. The maximum Gasteiger partial charge on any atom is 0.261 e. The van der Waals surface area contributed by atoms with Crippen LogP contribution in [0, 0.1) is 0 Å². The van der Waals surface area contributed by atoms with E-state index in [1.165, 1.54) is 11.3 Å². The van der Waals surface area contributed by atoms with Gasteiger partial charge in [0.05, 0.1) is 10.6 Å². The second kappa shape index (κ2) is 6.02. The summed E-state index contributed by atoms with van der Waals surface area (Å²) in [7, 11) is 2.14. The Morgan fingerprint density at radius 1 is 1.47 bits per heavy atom. The van der Waals surface area contributed by atoms with Gasteiger partial charge < -0.3 is 21.7 Å². The highest BCUT2D eigenvalue weighted by atomic mass is 32.2. The van der Waals surface area contributed by atoms with Crippen LogP contribution in [0.15, 0.2) is 4.90 Å². The van der Waals surface area contributed by atoms with Crippen LogP contribution in [0.3, 0.4) is 0 Å². The van der Waals surface area contributed by atoms with E-state index in [0.29, 0.717) is 16.6 Å². The average Bonchev–Trinajstić information content (AvgIpc) is 2.68. The van der Waals surface area contributed by atoms with E-state index in [0.717, 1.165) is 35.8 Å². The molecule has 2 rings (SSSR count). The molecule has 0 atom stereocenters. The van der Waals surface area contributed by atoms with Gasteiger partial charge in [0.2, 0.25) is 0 Å². The molecular formula is C12H20N4OS2. The van der Waals surface area contributed by atoms with Gasteiger partial charge in [-0.3, -0.25) is 4.79 Å². The van der Waals surface area contributed by atoms with E-state index in [-0.39, 0.29) is 0 Å². The average molecular weight is 300 g/mol. The van der Waals surface area contributed by atoms with Crippen LogP contribution in [-0.2, 0) is 0 Å². The number of nitrogens with one attached hydrogen (secondary N) is 1. The van der Waals surface area contributed by atoms with E-state index in [1.807, 2.05) is 6.26 Å². The van der Waals surface area contributed by atoms with Crippen molar-refractivity contribution < 1.29 is 4.79 Å². The quantitative estimate of drug-likeness (QED) is 0.736. The molecule has 1 aliphatic heterocycles. The first-order valence-electron chi connectivity index (χ1n) is 6.24. The Hall–Kier alpha value is -0.920. The molecule has 0 aromatic carbocycles. The lowest BCUT2D eigenvalue weighted by Gasteiger charge is -2.29. The summed E-state index contributed by atoms with van der Waals surface area (Å²) in [6, 6.07) is 0.445. The van der Waals surface area contributed by atoms with Crippen molar-refractivity contribution in [3.63, 3.8) is 0 Å². The lowest BCUT2D eigenvalue weighted by Crippen LogP contribution is -2.36. The molecule has 1 amide bonds. The maximum atomic E-state index is 11.3. The number of carbonyl (C=O) groups is 1. The van der Waals surface area contributed by atoms with Crippen molar-refractivity contribution in [1.29, 1.82) is 0 Å². The SMILES string of the molecule is CSc1c(NC2CCN(C)CC2)sc(C(N)=O)c1N. The topological polar surface area (TPSA) is 84.4 Å². The van der Waals surface area contributed by atoms with Gasteiger partial charge >= 0.3 is 0 Å². The third kappa shape index (κ3) is 3.16. The first-order chi connectivity index (χ1) is 9.02. The molecule has 0 radical (unpaired) electrons. The monoisotopic (exact) mass is 300 g/mol. The number of amides is 1. The van der Waals surface area contributed by atoms with E-state index < -0.39 is 5.91 Å². The van der Waals surface area contributed by atoms with Crippen molar-refractivity contribution in [3.8, 4) is 0 Å². The molecule has 1 fully saturated rings. The third-order valence-corrected chi connectivity index (χ3v) is 5.49. The molecule has 2 heterocycles. The number of hydrogen-bond donors (Lipinski definition) is 3. The molecule has 1 aromatic rings. The zero-order valence-corrected chi connectivity index (χ0v) is 12.9. The number of thioether (sulfide) groups is 1. The number of thiophene rings is 1. The van der Waals surface area contributed by atoms with Crippen molar-refractivity contribution in [2.75, 3.05) is 37.4 Å². The van der Waals surface area contributed by atoms with Gasteiger partial charge in [0, 0.05) is 6.04 Å². The van der Waals surface area contributed by atoms with Gasteiger partial charge in [-0.25, -0.2) is 0 Å². The highest BCUT2D eigenvalue weighted by molar-refractivity contribution is 7.99. The first-order valence-corrected chi connectivity index (χ1v) is 8.28. The van der Waals surface area contributed by atoms with Gasteiger partial charge in [-0.15, -0.1) is 23.1 Å². The molecule has 0 saturated carbocycles. The molecule has 19 heavy (non-hydrogen) atoms. The molecule has 5 nitrogen and oxygen atoms in total. The molecule has 0 unspecified atom stereocenters. The van der Waals surface area contributed by atoms with Crippen LogP contribution in [0.25, 0.3) is 0 Å². The predicted molar refractivity (Wildman–Crippen MR) is 83.2 cm³/mol. The van der Waals surface area contributed by atoms with E-state index in [9.17, 15) is 4.79 Å². The minimum Gasteiger partial charge on any atom is -0.396 e. The largest absolute Gasteiger partial charge is 0.396 e. The van der Waals surface area contributed by atoms with E-state index in [2.05, 4.69) is 17.3 Å². The Bertz CT molecular complexity index is 467. The first kappa shape index (κ1) is 14.5. The van der Waals surface area contributed by atoms with Crippen LogP contribution in [-0.4, -0.2) is 43.2 Å². The lowest BCUT2D eigenvalue weighted by molar-refractivity contribution is 0.100. The molecule has 5 N–H and O–H groups in total. The third-order valence-electron chi connectivity index (χ3n) is 3.38. The van der Waals surface area contributed by atoms with Gasteiger partial charge in [-0.2, -0.15) is 0 Å². The fourth-order valence-electron chi connectivity index (χ4n) is 2.25. The van der Waals surface area contributed by atoms with Crippen molar-refractivity contribution >= 4 is 39.7 Å². The fourth-order valence-corrected chi connectivity index (χ4v) is 4.20. The zero-order chi connectivity index (χ0) is 14.0. The summed E-state index contributed by atoms with van der Waals surface area (Å²) in [6.45, 7) is 2.19. The number of nitrogen functional groups attached to an aromatic ring is 1. The molecular weight excluding hydrogens is 280 g/mol. The normalized spacial score (nSPS) is 17.6. The molecule has 106 valence electrons. The number of piperidine rings is 1. The zero-order valence-electron chi connectivity index (χ0n) is 11.2. The van der Waals surface area contributed by atoms with E-state index in [4.69, 9.17) is 11.5 Å². The number of nitrogens with zero attached hydrogens (tertiary/aromatic N) is 1. The maximum absolute atomic E-state index is 11.3. The summed E-state index contributed by atoms with van der Waals surface area (Å²) in [5.41, 5.74) is 11.8. The number of rotatable bonds is 4. The Morgan fingerprint density at radius 2 is 2.11 bits per heavy atom. The molecule has 7 heteroatoms. The van der Waals surface area contributed by atoms with Gasteiger partial charge in [0.25, 0.3) is 5.91 Å². The Labute approximate surface area is 121 Å². The minimum atomic E-state index is -0.450. The molecule has 1 aliphatic rings. The predicted octanol–water partition coefficient (Wildman–Crippen LogP) is 1.66. The summed E-state index contributed by atoms with van der Waals surface area (Å²) >= 11 is 2.92. The highest BCUT2D eigenvalue weighted by Crippen LogP contribution is 2.42. The summed E-state index contributed by atoms with van der Waals surface area (Å²) in [4.78, 5) is 15.1. The summed E-state index contributed by atoms with van der Waals surface area (Å²) in [6.07, 6.45) is 4.17. The molecule has 1 saturated heterocycles.